The molecule has 0 heterocycles. The average Bonchev–Trinajstić information content (AvgIpc) is 2.04. The molecule has 3 heteroatoms. The molecule has 0 aromatic rings. The Bertz CT molecular complexity index is 132. The van der Waals surface area contributed by atoms with E-state index in [0.29, 0.717) is 25.6 Å². The number of hydrogen-bond acceptors (Lipinski definition) is 3. The molecule has 0 bridgehead atoms. The number of methoxy groups -OCH3 is 1. The van der Waals surface area contributed by atoms with Crippen molar-refractivity contribution in [3.05, 3.63) is 0 Å². The van der Waals surface area contributed by atoms with Gasteiger partial charge in [0.15, 0.2) is 0 Å². The van der Waals surface area contributed by atoms with Gasteiger partial charge in [0.05, 0.1) is 6.61 Å². The highest BCUT2D eigenvalue weighted by molar-refractivity contribution is 5.69. The first-order chi connectivity index (χ1) is 6.16. The van der Waals surface area contributed by atoms with Crippen molar-refractivity contribution in [3.8, 4) is 0 Å². The van der Waals surface area contributed by atoms with Gasteiger partial charge in [-0.3, -0.25) is 4.79 Å². The van der Waals surface area contributed by atoms with E-state index in [0.717, 1.165) is 12.8 Å². The molecular weight excluding hydrogens is 168 g/mol. The molecule has 0 aliphatic rings. The van der Waals surface area contributed by atoms with Gasteiger partial charge in [-0.2, -0.15) is 0 Å². The summed E-state index contributed by atoms with van der Waals surface area (Å²) in [7, 11) is 1.59. The third-order valence-corrected chi connectivity index (χ3v) is 1.71. The molecule has 3 nitrogen and oxygen atoms in total. The van der Waals surface area contributed by atoms with Crippen LogP contribution in [0.15, 0.2) is 0 Å². The summed E-state index contributed by atoms with van der Waals surface area (Å²) < 4.78 is 9.66. The Balaban J connectivity index is 3.20. The van der Waals surface area contributed by atoms with Crippen LogP contribution in [0.2, 0.25) is 0 Å². The fourth-order valence-electron chi connectivity index (χ4n) is 0.966. The third-order valence-electron chi connectivity index (χ3n) is 1.71. The largest absolute Gasteiger partial charge is 0.463 e. The van der Waals surface area contributed by atoms with Crippen molar-refractivity contribution in [1.29, 1.82) is 0 Å². The summed E-state index contributed by atoms with van der Waals surface area (Å²) in [6.45, 7) is 5.15. The zero-order valence-electron chi connectivity index (χ0n) is 8.84. The molecule has 0 aromatic carbocycles. The lowest BCUT2D eigenvalue weighted by Gasteiger charge is -2.05. The van der Waals surface area contributed by atoms with Crippen molar-refractivity contribution in [2.24, 2.45) is 5.92 Å². The van der Waals surface area contributed by atoms with Gasteiger partial charge >= 0.3 is 5.97 Å². The molecule has 13 heavy (non-hydrogen) atoms. The van der Waals surface area contributed by atoms with Crippen LogP contribution in [-0.4, -0.2) is 26.3 Å². The molecular formula is C10H20O3. The maximum Gasteiger partial charge on any atom is 0.305 e. The maximum absolute atomic E-state index is 11.0. The monoisotopic (exact) mass is 188 g/mol. The Morgan fingerprint density at radius 1 is 1.31 bits per heavy atom. The van der Waals surface area contributed by atoms with E-state index in [1.54, 1.807) is 7.11 Å². The Morgan fingerprint density at radius 3 is 2.54 bits per heavy atom. The Hall–Kier alpha value is -0.570. The van der Waals surface area contributed by atoms with E-state index in [2.05, 4.69) is 13.8 Å². The third kappa shape index (κ3) is 9.34. The zero-order valence-corrected chi connectivity index (χ0v) is 8.84. The molecule has 0 aromatic heterocycles. The molecule has 78 valence electrons. The second-order valence-electron chi connectivity index (χ2n) is 3.50. The van der Waals surface area contributed by atoms with Gasteiger partial charge in [-0.05, 0) is 12.3 Å². The zero-order chi connectivity index (χ0) is 10.1. The first-order valence-electron chi connectivity index (χ1n) is 4.81. The van der Waals surface area contributed by atoms with Crippen LogP contribution in [-0.2, 0) is 14.3 Å². The fourth-order valence-corrected chi connectivity index (χ4v) is 0.966. The maximum atomic E-state index is 11.0. The van der Waals surface area contributed by atoms with Crippen LogP contribution in [0.1, 0.15) is 33.1 Å². The highest BCUT2D eigenvalue weighted by atomic mass is 16.6. The van der Waals surface area contributed by atoms with Crippen molar-refractivity contribution in [2.75, 3.05) is 20.3 Å². The molecule has 0 radical (unpaired) electrons. The van der Waals surface area contributed by atoms with Crippen molar-refractivity contribution in [1.82, 2.24) is 0 Å². The first kappa shape index (κ1) is 12.4. The second-order valence-corrected chi connectivity index (χ2v) is 3.50. The second kappa shape index (κ2) is 8.05. The van der Waals surface area contributed by atoms with Crippen LogP contribution in [0.3, 0.4) is 0 Å². The Kier molecular flexibility index (Phi) is 7.69. The summed E-state index contributed by atoms with van der Waals surface area (Å²) in [5.74, 6) is 0.546. The van der Waals surface area contributed by atoms with Crippen molar-refractivity contribution < 1.29 is 14.3 Å². The van der Waals surface area contributed by atoms with Crippen molar-refractivity contribution in [2.45, 2.75) is 33.1 Å². The highest BCUT2D eigenvalue weighted by Gasteiger charge is 2.02. The number of rotatable bonds is 7. The topological polar surface area (TPSA) is 35.5 Å². The summed E-state index contributed by atoms with van der Waals surface area (Å²) in [6.07, 6.45) is 2.53. The van der Waals surface area contributed by atoms with E-state index in [1.807, 2.05) is 0 Å². The summed E-state index contributed by atoms with van der Waals surface area (Å²) in [5.41, 5.74) is 0. The van der Waals surface area contributed by atoms with Gasteiger partial charge in [0, 0.05) is 13.5 Å². The molecule has 0 unspecified atom stereocenters. The van der Waals surface area contributed by atoms with Crippen molar-refractivity contribution >= 4 is 5.97 Å². The van der Waals surface area contributed by atoms with Crippen LogP contribution in [0.5, 0.6) is 0 Å². The molecule has 0 fully saturated rings. The van der Waals surface area contributed by atoms with Gasteiger partial charge in [0.1, 0.15) is 6.61 Å². The minimum atomic E-state index is -0.113. The minimum absolute atomic E-state index is 0.113. The molecule has 0 rings (SSSR count). The standard InChI is InChI=1S/C10H20O3/c1-9(2)5-4-6-10(11)13-8-7-12-3/h9H,4-8H2,1-3H3. The number of hydrogen-bond donors (Lipinski definition) is 0. The van der Waals surface area contributed by atoms with Crippen LogP contribution in [0.25, 0.3) is 0 Å². The summed E-state index contributed by atoms with van der Waals surface area (Å²) >= 11 is 0. The molecule has 0 amide bonds. The first-order valence-corrected chi connectivity index (χ1v) is 4.81. The molecule has 0 aliphatic heterocycles. The van der Waals surface area contributed by atoms with Crippen LogP contribution in [0, 0.1) is 5.92 Å². The Labute approximate surface area is 80.4 Å². The average molecular weight is 188 g/mol. The SMILES string of the molecule is COCCOC(=O)CCCC(C)C. The van der Waals surface area contributed by atoms with Crippen LogP contribution in [0.4, 0.5) is 0 Å². The van der Waals surface area contributed by atoms with Crippen LogP contribution >= 0.6 is 0 Å². The predicted molar refractivity (Wildman–Crippen MR) is 51.5 cm³/mol. The summed E-state index contributed by atoms with van der Waals surface area (Å²) in [5, 5.41) is 0. The van der Waals surface area contributed by atoms with Gasteiger partial charge in [-0.1, -0.05) is 20.3 Å². The molecule has 0 saturated heterocycles. The normalized spacial score (nSPS) is 10.5. The van der Waals surface area contributed by atoms with E-state index in [9.17, 15) is 4.79 Å². The summed E-state index contributed by atoms with van der Waals surface area (Å²) in [6, 6.07) is 0. The van der Waals surface area contributed by atoms with Gasteiger partial charge in [-0.25, -0.2) is 0 Å². The van der Waals surface area contributed by atoms with E-state index >= 15 is 0 Å². The number of carbonyl (C=O) groups is 1. The van der Waals surface area contributed by atoms with Gasteiger partial charge in [0.25, 0.3) is 0 Å². The quantitative estimate of drug-likeness (QED) is 0.453. The number of carbonyl (C=O) groups excluding carboxylic acids is 1. The number of esters is 1. The smallest absolute Gasteiger partial charge is 0.305 e. The van der Waals surface area contributed by atoms with Gasteiger partial charge in [0.2, 0.25) is 0 Å². The Morgan fingerprint density at radius 2 is 2.00 bits per heavy atom. The molecule has 0 atom stereocenters. The number of ether oxygens (including phenoxy) is 2. The predicted octanol–water partition coefficient (Wildman–Crippen LogP) is 2.00. The van der Waals surface area contributed by atoms with E-state index in [1.165, 1.54) is 0 Å². The van der Waals surface area contributed by atoms with E-state index in [4.69, 9.17) is 9.47 Å². The highest BCUT2D eigenvalue weighted by Crippen LogP contribution is 2.06. The van der Waals surface area contributed by atoms with Gasteiger partial charge < -0.3 is 9.47 Å². The van der Waals surface area contributed by atoms with E-state index in [-0.39, 0.29) is 5.97 Å². The molecule has 0 saturated carbocycles. The fraction of sp³-hybridized carbons (Fsp3) is 0.900. The molecule has 0 aliphatic carbocycles. The lowest BCUT2D eigenvalue weighted by molar-refractivity contribution is -0.145. The van der Waals surface area contributed by atoms with E-state index < -0.39 is 0 Å². The van der Waals surface area contributed by atoms with Gasteiger partial charge in [-0.15, -0.1) is 0 Å². The summed E-state index contributed by atoms with van der Waals surface area (Å²) in [4.78, 5) is 11.0. The molecule has 0 spiro atoms. The van der Waals surface area contributed by atoms with Crippen LogP contribution < -0.4 is 0 Å². The minimum Gasteiger partial charge on any atom is -0.463 e. The van der Waals surface area contributed by atoms with Crippen molar-refractivity contribution in [3.63, 3.8) is 0 Å². The lowest BCUT2D eigenvalue weighted by Crippen LogP contribution is -2.09. The molecule has 0 N–H and O–H groups in total. The lowest BCUT2D eigenvalue weighted by atomic mass is 10.1.